The van der Waals surface area contributed by atoms with E-state index >= 15 is 0 Å². The predicted octanol–water partition coefficient (Wildman–Crippen LogP) is 6.71. The van der Waals surface area contributed by atoms with Gasteiger partial charge >= 0.3 is 0 Å². The molecule has 0 aliphatic heterocycles. The van der Waals surface area contributed by atoms with Crippen LogP contribution in [0.3, 0.4) is 0 Å². The van der Waals surface area contributed by atoms with Crippen LogP contribution >= 0.6 is 0 Å². The van der Waals surface area contributed by atoms with E-state index in [1.54, 1.807) is 12.1 Å². The summed E-state index contributed by atoms with van der Waals surface area (Å²) in [5.74, 6) is 0.754. The first kappa shape index (κ1) is 17.2. The van der Waals surface area contributed by atoms with Crippen molar-refractivity contribution in [2.24, 2.45) is 11.3 Å². The summed E-state index contributed by atoms with van der Waals surface area (Å²) >= 11 is 0. The van der Waals surface area contributed by atoms with Crippen molar-refractivity contribution in [3.8, 4) is 0 Å². The van der Waals surface area contributed by atoms with Gasteiger partial charge in [0.2, 0.25) is 0 Å². The summed E-state index contributed by atoms with van der Waals surface area (Å²) in [5, 5.41) is 0. The van der Waals surface area contributed by atoms with Crippen LogP contribution in [-0.2, 0) is 6.42 Å². The number of aryl methyl sites for hydroxylation is 2. The van der Waals surface area contributed by atoms with Crippen LogP contribution in [0.2, 0.25) is 0 Å². The van der Waals surface area contributed by atoms with E-state index in [4.69, 9.17) is 0 Å². The Balaban J connectivity index is 2.02. The standard InChI is InChI=1S/C21H31F/c1-6-15(2)20-16(3)12-19(22)13-18(20)9-7-8-17-10-11-21(4,5)14-17/h12-13,17H,2,6-11,14H2,1,3-5H3. The highest BCUT2D eigenvalue weighted by atomic mass is 19.1. The average molecular weight is 302 g/mol. The van der Waals surface area contributed by atoms with Crippen LogP contribution in [0.15, 0.2) is 18.7 Å². The zero-order valence-electron chi connectivity index (χ0n) is 14.8. The number of halogens is 1. The number of hydrogen-bond acceptors (Lipinski definition) is 0. The highest BCUT2D eigenvalue weighted by Crippen LogP contribution is 2.43. The summed E-state index contributed by atoms with van der Waals surface area (Å²) in [5.41, 5.74) is 5.05. The Labute approximate surface area is 135 Å². The first-order valence-electron chi connectivity index (χ1n) is 8.79. The highest BCUT2D eigenvalue weighted by Gasteiger charge is 2.30. The number of hydrogen-bond donors (Lipinski definition) is 0. The molecule has 122 valence electrons. The zero-order valence-corrected chi connectivity index (χ0v) is 14.8. The summed E-state index contributed by atoms with van der Waals surface area (Å²) in [6.07, 6.45) is 8.41. The average Bonchev–Trinajstić information content (AvgIpc) is 2.77. The van der Waals surface area contributed by atoms with Crippen molar-refractivity contribution in [3.05, 3.63) is 41.2 Å². The Kier molecular flexibility index (Phi) is 5.47. The molecule has 1 fully saturated rings. The van der Waals surface area contributed by atoms with Crippen LogP contribution < -0.4 is 0 Å². The lowest BCUT2D eigenvalue weighted by molar-refractivity contribution is 0.351. The number of benzene rings is 1. The summed E-state index contributed by atoms with van der Waals surface area (Å²) in [6.45, 7) is 13.1. The fourth-order valence-electron chi connectivity index (χ4n) is 4.10. The molecule has 0 radical (unpaired) electrons. The van der Waals surface area contributed by atoms with Crippen LogP contribution in [0.25, 0.3) is 5.57 Å². The third-order valence-corrected chi connectivity index (χ3v) is 5.29. The van der Waals surface area contributed by atoms with Crippen molar-refractivity contribution in [2.75, 3.05) is 0 Å². The second-order valence-electron chi connectivity index (χ2n) is 7.88. The van der Waals surface area contributed by atoms with E-state index in [1.165, 1.54) is 31.2 Å². The molecular formula is C21H31F. The van der Waals surface area contributed by atoms with Crippen molar-refractivity contribution in [1.82, 2.24) is 0 Å². The molecule has 0 bridgehead atoms. The van der Waals surface area contributed by atoms with E-state index in [1.807, 2.05) is 6.92 Å². The first-order chi connectivity index (χ1) is 10.3. The molecule has 0 spiro atoms. The predicted molar refractivity (Wildman–Crippen MR) is 94.5 cm³/mol. The molecule has 2 rings (SSSR count). The molecule has 1 atom stereocenters. The molecule has 0 aromatic heterocycles. The van der Waals surface area contributed by atoms with Crippen molar-refractivity contribution in [2.45, 2.75) is 72.6 Å². The summed E-state index contributed by atoms with van der Waals surface area (Å²) in [7, 11) is 0. The fraction of sp³-hybridized carbons (Fsp3) is 0.619. The lowest BCUT2D eigenvalue weighted by Crippen LogP contribution is -2.05. The topological polar surface area (TPSA) is 0 Å². The molecule has 1 aromatic rings. The maximum Gasteiger partial charge on any atom is 0.123 e. The maximum absolute atomic E-state index is 13.8. The van der Waals surface area contributed by atoms with Crippen molar-refractivity contribution in [1.29, 1.82) is 0 Å². The van der Waals surface area contributed by atoms with Gasteiger partial charge in [0.1, 0.15) is 5.82 Å². The molecular weight excluding hydrogens is 271 g/mol. The first-order valence-corrected chi connectivity index (χ1v) is 8.79. The highest BCUT2D eigenvalue weighted by molar-refractivity contribution is 5.69. The summed E-state index contributed by atoms with van der Waals surface area (Å²) in [6, 6.07) is 3.36. The van der Waals surface area contributed by atoms with Crippen LogP contribution in [0.4, 0.5) is 4.39 Å². The Hall–Kier alpha value is -1.11. The van der Waals surface area contributed by atoms with Crippen molar-refractivity contribution < 1.29 is 4.39 Å². The van der Waals surface area contributed by atoms with Crippen LogP contribution in [0, 0.1) is 24.1 Å². The van der Waals surface area contributed by atoms with Gasteiger partial charge in [-0.2, -0.15) is 0 Å². The molecule has 0 saturated heterocycles. The van der Waals surface area contributed by atoms with E-state index in [-0.39, 0.29) is 5.82 Å². The normalized spacial score (nSPS) is 20.3. The second-order valence-corrected chi connectivity index (χ2v) is 7.88. The van der Waals surface area contributed by atoms with E-state index in [9.17, 15) is 4.39 Å². The van der Waals surface area contributed by atoms with Gasteiger partial charge in [0.25, 0.3) is 0 Å². The molecule has 1 saturated carbocycles. The largest absolute Gasteiger partial charge is 0.207 e. The Morgan fingerprint density at radius 3 is 2.68 bits per heavy atom. The van der Waals surface area contributed by atoms with Gasteiger partial charge in [0, 0.05) is 0 Å². The third kappa shape index (κ3) is 4.21. The monoisotopic (exact) mass is 302 g/mol. The molecule has 22 heavy (non-hydrogen) atoms. The number of rotatable bonds is 6. The minimum absolute atomic E-state index is 0.109. The summed E-state index contributed by atoms with van der Waals surface area (Å²) < 4.78 is 13.8. The van der Waals surface area contributed by atoms with E-state index in [0.29, 0.717) is 5.41 Å². The van der Waals surface area contributed by atoms with Crippen LogP contribution in [-0.4, -0.2) is 0 Å². The smallest absolute Gasteiger partial charge is 0.123 e. The molecule has 1 aliphatic carbocycles. The molecule has 1 aliphatic rings. The molecule has 0 heterocycles. The summed E-state index contributed by atoms with van der Waals surface area (Å²) in [4.78, 5) is 0. The van der Waals surface area contributed by atoms with Gasteiger partial charge in [-0.25, -0.2) is 4.39 Å². The van der Waals surface area contributed by atoms with E-state index < -0.39 is 0 Å². The Morgan fingerprint density at radius 1 is 1.36 bits per heavy atom. The fourth-order valence-corrected chi connectivity index (χ4v) is 4.10. The molecule has 1 unspecified atom stereocenters. The Bertz CT molecular complexity index is 539. The third-order valence-electron chi connectivity index (χ3n) is 5.29. The molecule has 0 amide bonds. The minimum Gasteiger partial charge on any atom is -0.207 e. The molecule has 0 nitrogen and oxygen atoms in total. The van der Waals surface area contributed by atoms with Crippen LogP contribution in [0.5, 0.6) is 0 Å². The van der Waals surface area contributed by atoms with E-state index in [0.717, 1.165) is 41.9 Å². The van der Waals surface area contributed by atoms with Gasteiger partial charge < -0.3 is 0 Å². The Morgan fingerprint density at radius 2 is 2.09 bits per heavy atom. The second kappa shape index (κ2) is 6.98. The SMILES string of the molecule is C=C(CC)c1c(C)cc(F)cc1CCCC1CCC(C)(C)C1. The van der Waals surface area contributed by atoms with Crippen molar-refractivity contribution in [3.63, 3.8) is 0 Å². The van der Waals surface area contributed by atoms with E-state index in [2.05, 4.69) is 27.4 Å². The van der Waals surface area contributed by atoms with Gasteiger partial charge in [-0.15, -0.1) is 0 Å². The zero-order chi connectivity index (χ0) is 16.3. The van der Waals surface area contributed by atoms with Gasteiger partial charge in [-0.05, 0) is 91.2 Å². The lowest BCUT2D eigenvalue weighted by Gasteiger charge is -2.18. The lowest BCUT2D eigenvalue weighted by atomic mass is 9.88. The molecule has 1 aromatic carbocycles. The maximum atomic E-state index is 13.8. The quantitative estimate of drug-likeness (QED) is 0.548. The molecule has 0 N–H and O–H groups in total. The number of allylic oxidation sites excluding steroid dienone is 1. The van der Waals surface area contributed by atoms with Crippen molar-refractivity contribution >= 4 is 5.57 Å². The molecule has 1 heteroatoms. The minimum atomic E-state index is -0.109. The van der Waals surface area contributed by atoms with Gasteiger partial charge in [0.05, 0.1) is 0 Å². The van der Waals surface area contributed by atoms with Gasteiger partial charge in [-0.1, -0.05) is 33.8 Å². The van der Waals surface area contributed by atoms with Gasteiger partial charge in [0.15, 0.2) is 0 Å². The van der Waals surface area contributed by atoms with Crippen LogP contribution in [0.1, 0.15) is 76.0 Å². The van der Waals surface area contributed by atoms with Gasteiger partial charge in [-0.3, -0.25) is 0 Å².